The first-order chi connectivity index (χ1) is 15.6. The van der Waals surface area contributed by atoms with Crippen LogP contribution >= 0.6 is 0 Å². The zero-order chi connectivity index (χ0) is 22.3. The molecule has 1 saturated heterocycles. The van der Waals surface area contributed by atoms with Gasteiger partial charge in [0.2, 0.25) is 0 Å². The van der Waals surface area contributed by atoms with E-state index in [0.717, 1.165) is 45.0 Å². The Labute approximate surface area is 190 Å². The van der Waals surface area contributed by atoms with Crippen molar-refractivity contribution < 1.29 is 19.0 Å². The normalized spacial score (nSPS) is 17.4. The molecule has 7 nitrogen and oxygen atoms in total. The van der Waals surface area contributed by atoms with Crippen molar-refractivity contribution in [1.29, 1.82) is 0 Å². The first kappa shape index (κ1) is 22.4. The molecule has 32 heavy (non-hydrogen) atoms. The van der Waals surface area contributed by atoms with Crippen LogP contribution in [0.1, 0.15) is 23.6 Å². The van der Waals surface area contributed by atoms with E-state index >= 15 is 0 Å². The molecule has 2 aliphatic rings. The van der Waals surface area contributed by atoms with Crippen LogP contribution in [0.15, 0.2) is 42.5 Å². The number of nitrogens with one attached hydrogen (secondary N) is 1. The number of aryl methyl sites for hydroxylation is 1. The third-order valence-corrected chi connectivity index (χ3v) is 6.25. The smallest absolute Gasteiger partial charge is 0.258 e. The number of amides is 1. The number of hydrogen-bond acceptors (Lipinski definition) is 6. The minimum Gasteiger partial charge on any atom is -0.497 e. The molecule has 1 fully saturated rings. The first-order valence-corrected chi connectivity index (χ1v) is 11.3. The minimum atomic E-state index is -0.128. The molecule has 0 bridgehead atoms. The molecule has 2 aromatic carbocycles. The average Bonchev–Trinajstić information content (AvgIpc) is 2.84. The first-order valence-electron chi connectivity index (χ1n) is 11.3. The van der Waals surface area contributed by atoms with Gasteiger partial charge >= 0.3 is 0 Å². The van der Waals surface area contributed by atoms with E-state index in [1.54, 1.807) is 19.2 Å². The molecule has 1 unspecified atom stereocenters. The van der Waals surface area contributed by atoms with Crippen LogP contribution < -0.4 is 19.7 Å². The van der Waals surface area contributed by atoms with Crippen LogP contribution in [-0.4, -0.2) is 71.0 Å². The molecule has 0 aliphatic carbocycles. The number of ether oxygens (including phenoxy) is 3. The van der Waals surface area contributed by atoms with Crippen molar-refractivity contribution in [2.24, 2.45) is 0 Å². The SMILES string of the molecule is COc1ccc(OCC(=O)NCC(c2ccc3c(c2)CCCN3C)N2CCOCC2)cc1. The summed E-state index contributed by atoms with van der Waals surface area (Å²) in [6.45, 7) is 4.79. The van der Waals surface area contributed by atoms with E-state index in [-0.39, 0.29) is 18.6 Å². The largest absolute Gasteiger partial charge is 0.497 e. The zero-order valence-electron chi connectivity index (χ0n) is 19.0. The predicted molar refractivity (Wildman–Crippen MR) is 125 cm³/mol. The van der Waals surface area contributed by atoms with Crippen molar-refractivity contribution in [3.8, 4) is 11.5 Å². The van der Waals surface area contributed by atoms with Gasteiger partial charge in [-0.25, -0.2) is 0 Å². The molecule has 0 saturated carbocycles. The summed E-state index contributed by atoms with van der Waals surface area (Å²) in [7, 11) is 3.77. The van der Waals surface area contributed by atoms with Gasteiger partial charge in [-0.3, -0.25) is 9.69 Å². The fraction of sp³-hybridized carbons (Fsp3) is 0.480. The van der Waals surface area contributed by atoms with Gasteiger partial charge in [-0.2, -0.15) is 0 Å². The monoisotopic (exact) mass is 439 g/mol. The van der Waals surface area contributed by atoms with Crippen LogP contribution in [0.3, 0.4) is 0 Å². The molecule has 1 N–H and O–H groups in total. The van der Waals surface area contributed by atoms with Crippen molar-refractivity contribution >= 4 is 11.6 Å². The van der Waals surface area contributed by atoms with Gasteiger partial charge in [0.25, 0.3) is 5.91 Å². The fourth-order valence-corrected chi connectivity index (χ4v) is 4.44. The second-order valence-electron chi connectivity index (χ2n) is 8.35. The van der Waals surface area contributed by atoms with Crippen molar-refractivity contribution in [1.82, 2.24) is 10.2 Å². The van der Waals surface area contributed by atoms with Crippen molar-refractivity contribution in [3.63, 3.8) is 0 Å². The van der Waals surface area contributed by atoms with Gasteiger partial charge in [0.05, 0.1) is 26.4 Å². The highest BCUT2D eigenvalue weighted by atomic mass is 16.5. The van der Waals surface area contributed by atoms with Gasteiger partial charge in [-0.05, 0) is 54.3 Å². The summed E-state index contributed by atoms with van der Waals surface area (Å²) in [4.78, 5) is 17.3. The fourth-order valence-electron chi connectivity index (χ4n) is 4.44. The molecule has 0 radical (unpaired) electrons. The zero-order valence-corrected chi connectivity index (χ0v) is 19.0. The van der Waals surface area contributed by atoms with Crippen LogP contribution in [0, 0.1) is 0 Å². The third kappa shape index (κ3) is 5.53. The van der Waals surface area contributed by atoms with Gasteiger partial charge < -0.3 is 24.4 Å². The van der Waals surface area contributed by atoms with E-state index in [1.165, 1.54) is 23.2 Å². The summed E-state index contributed by atoms with van der Waals surface area (Å²) in [5.74, 6) is 1.27. The maximum atomic E-state index is 12.5. The Morgan fingerprint density at radius 3 is 2.59 bits per heavy atom. The van der Waals surface area contributed by atoms with Gasteiger partial charge in [0, 0.05) is 38.9 Å². The number of carbonyl (C=O) groups excluding carboxylic acids is 1. The summed E-state index contributed by atoms with van der Waals surface area (Å²) in [5, 5.41) is 3.08. The minimum absolute atomic E-state index is 0.0167. The van der Waals surface area contributed by atoms with Crippen LogP contribution in [0.4, 0.5) is 5.69 Å². The Bertz CT molecular complexity index is 897. The Hall–Kier alpha value is -2.77. The van der Waals surface area contributed by atoms with Crippen LogP contribution in [-0.2, 0) is 16.0 Å². The second-order valence-corrected chi connectivity index (χ2v) is 8.35. The van der Waals surface area contributed by atoms with Gasteiger partial charge in [-0.15, -0.1) is 0 Å². The molecule has 2 heterocycles. The van der Waals surface area contributed by atoms with Gasteiger partial charge in [0.15, 0.2) is 6.61 Å². The molecule has 1 atom stereocenters. The Morgan fingerprint density at radius 2 is 1.84 bits per heavy atom. The lowest BCUT2D eigenvalue weighted by Gasteiger charge is -2.36. The van der Waals surface area contributed by atoms with Gasteiger partial charge in [0.1, 0.15) is 11.5 Å². The maximum Gasteiger partial charge on any atom is 0.258 e. The lowest BCUT2D eigenvalue weighted by Crippen LogP contribution is -2.44. The molecular formula is C25H33N3O4. The molecule has 172 valence electrons. The number of anilines is 1. The van der Waals surface area contributed by atoms with E-state index < -0.39 is 0 Å². The van der Waals surface area contributed by atoms with Crippen LogP contribution in [0.2, 0.25) is 0 Å². The lowest BCUT2D eigenvalue weighted by atomic mass is 9.95. The molecule has 2 aromatic rings. The summed E-state index contributed by atoms with van der Waals surface area (Å²) < 4.78 is 16.3. The summed E-state index contributed by atoms with van der Waals surface area (Å²) in [6, 6.07) is 14.1. The van der Waals surface area contributed by atoms with Gasteiger partial charge in [-0.1, -0.05) is 12.1 Å². The second kappa shape index (κ2) is 10.7. The third-order valence-electron chi connectivity index (χ3n) is 6.25. The lowest BCUT2D eigenvalue weighted by molar-refractivity contribution is -0.123. The molecule has 2 aliphatic heterocycles. The highest BCUT2D eigenvalue weighted by molar-refractivity contribution is 5.77. The van der Waals surface area contributed by atoms with E-state index in [4.69, 9.17) is 14.2 Å². The summed E-state index contributed by atoms with van der Waals surface area (Å²) in [5.41, 5.74) is 3.96. The topological polar surface area (TPSA) is 63.3 Å². The molecule has 7 heteroatoms. The maximum absolute atomic E-state index is 12.5. The Balaban J connectivity index is 1.40. The highest BCUT2D eigenvalue weighted by Gasteiger charge is 2.25. The Morgan fingerprint density at radius 1 is 1.09 bits per heavy atom. The number of morpholine rings is 1. The highest BCUT2D eigenvalue weighted by Crippen LogP contribution is 2.31. The molecule has 0 spiro atoms. The van der Waals surface area contributed by atoms with Crippen molar-refractivity contribution in [2.45, 2.75) is 18.9 Å². The number of rotatable bonds is 8. The number of hydrogen-bond donors (Lipinski definition) is 1. The summed E-state index contributed by atoms with van der Waals surface area (Å²) >= 11 is 0. The van der Waals surface area contributed by atoms with Crippen molar-refractivity contribution in [2.75, 3.05) is 65.1 Å². The number of carbonyl (C=O) groups is 1. The quantitative estimate of drug-likeness (QED) is 0.682. The number of nitrogens with zero attached hydrogens (tertiary/aromatic N) is 2. The van der Waals surface area contributed by atoms with Crippen LogP contribution in [0.25, 0.3) is 0 Å². The number of methoxy groups -OCH3 is 1. The van der Waals surface area contributed by atoms with Crippen molar-refractivity contribution in [3.05, 3.63) is 53.6 Å². The average molecular weight is 440 g/mol. The number of benzene rings is 2. The molecule has 4 rings (SSSR count). The molecule has 0 aromatic heterocycles. The Kier molecular flexibility index (Phi) is 7.50. The standard InChI is InChI=1S/C25H33N3O4/c1-27-11-3-4-19-16-20(5-10-23(19)27)24(28-12-14-31-15-13-28)17-26-25(29)18-32-22-8-6-21(30-2)7-9-22/h5-10,16,24H,3-4,11-15,17-18H2,1-2H3,(H,26,29). The predicted octanol–water partition coefficient (Wildman–Crippen LogP) is 2.65. The van der Waals surface area contributed by atoms with E-state index in [1.807, 2.05) is 12.1 Å². The molecular weight excluding hydrogens is 406 g/mol. The van der Waals surface area contributed by atoms with E-state index in [9.17, 15) is 4.79 Å². The van der Waals surface area contributed by atoms with E-state index in [2.05, 4.69) is 40.4 Å². The van der Waals surface area contributed by atoms with Crippen LogP contribution in [0.5, 0.6) is 11.5 Å². The summed E-state index contributed by atoms with van der Waals surface area (Å²) in [6.07, 6.45) is 2.28. The number of fused-ring (bicyclic) bond motifs is 1. The molecule has 1 amide bonds. The van der Waals surface area contributed by atoms with E-state index in [0.29, 0.717) is 12.3 Å².